The molecule has 0 spiro atoms. The minimum atomic E-state index is -3.83. The Hall–Kier alpha value is -2.74. The van der Waals surface area contributed by atoms with E-state index in [1.165, 1.54) is 18.2 Å². The van der Waals surface area contributed by atoms with Crippen molar-refractivity contribution in [1.29, 1.82) is 0 Å². The number of halogens is 1. The fourth-order valence-corrected chi connectivity index (χ4v) is 3.81. The van der Waals surface area contributed by atoms with E-state index >= 15 is 0 Å². The highest BCUT2D eigenvalue weighted by atomic mass is 32.2. The van der Waals surface area contributed by atoms with E-state index in [0.29, 0.717) is 17.7 Å². The molecule has 0 bridgehead atoms. The smallest absolute Gasteiger partial charge is 0.296 e. The molecule has 164 valence electrons. The first-order valence-electron chi connectivity index (χ1n) is 9.81. The number of methoxy groups -OCH3 is 1. The van der Waals surface area contributed by atoms with Gasteiger partial charge in [0, 0.05) is 5.56 Å². The van der Waals surface area contributed by atoms with Crippen LogP contribution < -0.4 is 4.74 Å². The molecule has 0 saturated heterocycles. The summed E-state index contributed by atoms with van der Waals surface area (Å²) < 4.78 is 54.6. The molecule has 3 rings (SSSR count). The molecule has 5 nitrogen and oxygen atoms in total. The van der Waals surface area contributed by atoms with Crippen LogP contribution in [0, 0.1) is 12.7 Å². The molecule has 0 saturated carbocycles. The second-order valence-corrected chi connectivity index (χ2v) is 8.72. The predicted molar refractivity (Wildman–Crippen MR) is 116 cm³/mol. The number of aryl methyl sites for hydroxylation is 1. The van der Waals surface area contributed by atoms with Gasteiger partial charge >= 0.3 is 0 Å². The molecule has 0 N–H and O–H groups in total. The average Bonchev–Trinajstić information content (AvgIpc) is 2.76. The fraction of sp³-hybridized carbons (Fsp3) is 0.250. The van der Waals surface area contributed by atoms with Gasteiger partial charge in [-0.05, 0) is 54.8 Å². The van der Waals surface area contributed by atoms with Gasteiger partial charge in [-0.2, -0.15) is 8.42 Å². The maximum atomic E-state index is 14.4. The molecular weight excluding hydrogens is 419 g/mol. The Balaban J connectivity index is 1.49. The lowest BCUT2D eigenvalue weighted by Crippen LogP contribution is -2.09. The lowest BCUT2D eigenvalue weighted by Gasteiger charge is -2.09. The molecule has 0 heterocycles. The molecule has 0 amide bonds. The first-order chi connectivity index (χ1) is 14.9. The summed E-state index contributed by atoms with van der Waals surface area (Å²) in [4.78, 5) is 0.105. The van der Waals surface area contributed by atoms with Crippen molar-refractivity contribution < 1.29 is 26.5 Å². The first-order valence-corrected chi connectivity index (χ1v) is 11.2. The molecule has 31 heavy (non-hydrogen) atoms. The third-order valence-corrected chi connectivity index (χ3v) is 6.07. The van der Waals surface area contributed by atoms with Gasteiger partial charge in [0.15, 0.2) is 0 Å². The van der Waals surface area contributed by atoms with E-state index in [9.17, 15) is 12.8 Å². The number of rotatable bonds is 10. The quantitative estimate of drug-likeness (QED) is 0.420. The number of hydrogen-bond acceptors (Lipinski definition) is 5. The van der Waals surface area contributed by atoms with Gasteiger partial charge in [0.1, 0.15) is 11.6 Å². The molecule has 0 aliphatic rings. The minimum absolute atomic E-state index is 0.0665. The summed E-state index contributed by atoms with van der Waals surface area (Å²) in [6, 6.07) is 18.7. The molecule has 3 aromatic rings. The van der Waals surface area contributed by atoms with Crippen LogP contribution in [0.2, 0.25) is 0 Å². The zero-order valence-corrected chi connectivity index (χ0v) is 18.3. The van der Waals surface area contributed by atoms with Gasteiger partial charge < -0.3 is 9.47 Å². The van der Waals surface area contributed by atoms with Crippen molar-refractivity contribution in [3.8, 4) is 5.75 Å². The summed E-state index contributed by atoms with van der Waals surface area (Å²) in [7, 11) is -2.23. The van der Waals surface area contributed by atoms with Crippen molar-refractivity contribution >= 4 is 10.1 Å². The zero-order chi connectivity index (χ0) is 22.3. The van der Waals surface area contributed by atoms with Crippen LogP contribution in [-0.2, 0) is 38.7 Å². The van der Waals surface area contributed by atoms with Gasteiger partial charge in [-0.3, -0.25) is 4.18 Å². The number of benzene rings is 3. The highest BCUT2D eigenvalue weighted by molar-refractivity contribution is 7.86. The predicted octanol–water partition coefficient (Wildman–Crippen LogP) is 4.81. The molecule has 0 atom stereocenters. The zero-order valence-electron chi connectivity index (χ0n) is 17.5. The van der Waals surface area contributed by atoms with Crippen molar-refractivity contribution in [3.05, 3.63) is 94.8 Å². The topological polar surface area (TPSA) is 61.8 Å². The second-order valence-electron chi connectivity index (χ2n) is 7.11. The van der Waals surface area contributed by atoms with E-state index < -0.39 is 15.9 Å². The lowest BCUT2D eigenvalue weighted by molar-refractivity contribution is 0.105. The Morgan fingerprint density at radius 3 is 2.19 bits per heavy atom. The van der Waals surface area contributed by atoms with Crippen LogP contribution in [-0.4, -0.2) is 22.1 Å². The summed E-state index contributed by atoms with van der Waals surface area (Å²) in [5, 5.41) is 0. The molecule has 0 aliphatic carbocycles. The van der Waals surface area contributed by atoms with Gasteiger partial charge in [0.25, 0.3) is 10.1 Å². The summed E-state index contributed by atoms with van der Waals surface area (Å²) in [5.41, 5.74) is 3.01. The molecule has 0 unspecified atom stereocenters. The van der Waals surface area contributed by atoms with Crippen LogP contribution in [0.15, 0.2) is 71.6 Å². The van der Waals surface area contributed by atoms with Crippen LogP contribution in [0.1, 0.15) is 22.3 Å². The van der Waals surface area contributed by atoms with Crippen LogP contribution >= 0.6 is 0 Å². The van der Waals surface area contributed by atoms with Crippen molar-refractivity contribution in [3.63, 3.8) is 0 Å². The fourth-order valence-electron chi connectivity index (χ4n) is 2.91. The second kappa shape index (κ2) is 10.5. The third-order valence-electron chi connectivity index (χ3n) is 4.74. The highest BCUT2D eigenvalue weighted by Crippen LogP contribution is 2.17. The van der Waals surface area contributed by atoms with Gasteiger partial charge in [-0.15, -0.1) is 0 Å². The van der Waals surface area contributed by atoms with Gasteiger partial charge in [0.05, 0.1) is 31.8 Å². The molecule has 0 aromatic heterocycles. The molecule has 3 aromatic carbocycles. The molecule has 0 radical (unpaired) electrons. The minimum Gasteiger partial charge on any atom is -0.497 e. The standard InChI is InChI=1S/C24H25FO5S/c1-18-3-11-23(12-4-18)31(26,27)30-14-13-19-5-8-21(24(25)15-19)17-29-16-20-6-9-22(28-2)10-7-20/h3-12,15H,13-14,16-17H2,1-2H3. The van der Waals surface area contributed by atoms with E-state index in [0.717, 1.165) is 16.9 Å². The Labute approximate surface area is 182 Å². The van der Waals surface area contributed by atoms with E-state index in [1.54, 1.807) is 31.4 Å². The SMILES string of the molecule is COc1ccc(COCc2ccc(CCOS(=O)(=O)c3ccc(C)cc3)cc2F)cc1. The molecular formula is C24H25FO5S. The first kappa shape index (κ1) is 22.9. The van der Waals surface area contributed by atoms with Crippen LogP contribution in [0.25, 0.3) is 0 Å². The van der Waals surface area contributed by atoms with Crippen molar-refractivity contribution in [2.24, 2.45) is 0 Å². The highest BCUT2D eigenvalue weighted by Gasteiger charge is 2.15. The van der Waals surface area contributed by atoms with E-state index in [2.05, 4.69) is 0 Å². The summed E-state index contributed by atoms with van der Waals surface area (Å²) in [6.07, 6.45) is 0.273. The third kappa shape index (κ3) is 6.62. The van der Waals surface area contributed by atoms with Gasteiger partial charge in [0.2, 0.25) is 0 Å². The lowest BCUT2D eigenvalue weighted by atomic mass is 10.1. The van der Waals surface area contributed by atoms with Crippen LogP contribution in [0.4, 0.5) is 4.39 Å². The largest absolute Gasteiger partial charge is 0.497 e. The molecule has 0 fully saturated rings. The van der Waals surface area contributed by atoms with Crippen molar-refractivity contribution in [2.75, 3.05) is 13.7 Å². The Morgan fingerprint density at radius 1 is 0.871 bits per heavy atom. The average molecular weight is 445 g/mol. The van der Waals surface area contributed by atoms with Crippen molar-refractivity contribution in [2.45, 2.75) is 31.5 Å². The van der Waals surface area contributed by atoms with Crippen LogP contribution in [0.5, 0.6) is 5.75 Å². The van der Waals surface area contributed by atoms with E-state index in [1.807, 2.05) is 31.2 Å². The summed E-state index contributed by atoms with van der Waals surface area (Å²) in [5.74, 6) is 0.370. The van der Waals surface area contributed by atoms with Crippen molar-refractivity contribution in [1.82, 2.24) is 0 Å². The van der Waals surface area contributed by atoms with E-state index in [-0.39, 0.29) is 24.5 Å². The number of hydrogen-bond donors (Lipinski definition) is 0. The number of ether oxygens (including phenoxy) is 2. The molecule has 0 aliphatic heterocycles. The van der Waals surface area contributed by atoms with Crippen LogP contribution in [0.3, 0.4) is 0 Å². The monoisotopic (exact) mass is 444 g/mol. The van der Waals surface area contributed by atoms with E-state index in [4.69, 9.17) is 13.7 Å². The Bertz CT molecular complexity index is 1090. The van der Waals surface area contributed by atoms with Gasteiger partial charge in [-0.1, -0.05) is 42.0 Å². The normalized spacial score (nSPS) is 11.5. The maximum absolute atomic E-state index is 14.4. The molecule has 7 heteroatoms. The van der Waals surface area contributed by atoms with Gasteiger partial charge in [-0.25, -0.2) is 4.39 Å². The maximum Gasteiger partial charge on any atom is 0.296 e. The summed E-state index contributed by atoms with van der Waals surface area (Å²) >= 11 is 0. The Kier molecular flexibility index (Phi) is 7.79. The Morgan fingerprint density at radius 2 is 1.55 bits per heavy atom. The summed E-state index contributed by atoms with van der Waals surface area (Å²) in [6.45, 7) is 2.30.